The summed E-state index contributed by atoms with van der Waals surface area (Å²) in [6.45, 7) is 26.0. The molecule has 0 radical (unpaired) electrons. The highest BCUT2D eigenvalue weighted by atomic mass is 16.6. The van der Waals surface area contributed by atoms with Crippen LogP contribution in [0.2, 0.25) is 0 Å². The van der Waals surface area contributed by atoms with Gasteiger partial charge in [0.15, 0.2) is 11.5 Å². The van der Waals surface area contributed by atoms with Gasteiger partial charge in [0.1, 0.15) is 13.2 Å². The predicted octanol–water partition coefficient (Wildman–Crippen LogP) is 7.64. The molecule has 0 heterocycles. The van der Waals surface area contributed by atoms with E-state index in [9.17, 15) is 0 Å². The van der Waals surface area contributed by atoms with Crippen molar-refractivity contribution in [3.63, 3.8) is 0 Å². The second kappa shape index (κ2) is 36.8. The fraction of sp³-hybridized carbons (Fsp3) is 0.654. The van der Waals surface area contributed by atoms with Crippen LogP contribution in [-0.2, 0) is 80.9 Å². The van der Waals surface area contributed by atoms with E-state index >= 15 is 0 Å². The summed E-state index contributed by atoms with van der Waals surface area (Å²) in [5, 5.41) is 0. The Labute approximate surface area is 396 Å². The van der Waals surface area contributed by atoms with Crippen LogP contribution in [-0.4, -0.2) is 159 Å². The molecule has 0 fully saturated rings. The molecule has 374 valence electrons. The Morgan fingerprint density at radius 3 is 0.894 bits per heavy atom. The Hall–Kier alpha value is -3.22. The van der Waals surface area contributed by atoms with Crippen LogP contribution in [0.4, 0.5) is 0 Å². The first-order valence-corrected chi connectivity index (χ1v) is 23.6. The Morgan fingerprint density at radius 2 is 0.591 bits per heavy atom. The summed E-state index contributed by atoms with van der Waals surface area (Å²) in [5.74, 6) is 1.43. The molecule has 3 aromatic rings. The first-order chi connectivity index (χ1) is 32.1. The van der Waals surface area contributed by atoms with E-state index in [4.69, 9.17) is 66.3 Å². The minimum Gasteiger partial charge on any atom is -0.487 e. The number of benzene rings is 3. The molecule has 0 unspecified atom stereocenters. The molecule has 3 aromatic carbocycles. The Bertz CT molecular complexity index is 1570. The van der Waals surface area contributed by atoms with Gasteiger partial charge in [0.25, 0.3) is 0 Å². The van der Waals surface area contributed by atoms with E-state index in [1.54, 1.807) is 0 Å². The third-order valence-corrected chi connectivity index (χ3v) is 9.63. The molecule has 14 heteroatoms. The third-order valence-electron chi connectivity index (χ3n) is 9.63. The highest BCUT2D eigenvalue weighted by molar-refractivity contribution is 5.53. The van der Waals surface area contributed by atoms with Crippen LogP contribution in [0.5, 0.6) is 11.5 Å². The van der Waals surface area contributed by atoms with Gasteiger partial charge in [0, 0.05) is 5.56 Å². The number of hydrogen-bond acceptors (Lipinski definition) is 14. The normalized spacial score (nSPS) is 12.0. The predicted molar refractivity (Wildman–Crippen MR) is 255 cm³/mol. The van der Waals surface area contributed by atoms with E-state index < -0.39 is 0 Å². The van der Waals surface area contributed by atoms with Gasteiger partial charge in [-0.1, -0.05) is 108 Å². The summed E-state index contributed by atoms with van der Waals surface area (Å²) in [4.78, 5) is 0. The van der Waals surface area contributed by atoms with E-state index in [-0.39, 0.29) is 10.8 Å². The van der Waals surface area contributed by atoms with Crippen LogP contribution < -0.4 is 9.47 Å². The zero-order valence-electron chi connectivity index (χ0n) is 41.0. The van der Waals surface area contributed by atoms with Crippen LogP contribution in [0.3, 0.4) is 0 Å². The molecule has 0 aliphatic rings. The summed E-state index contributed by atoms with van der Waals surface area (Å²) in [6, 6.07) is 24.5. The molecule has 0 aromatic heterocycles. The standard InChI is InChI=1S/C52H82O14/c1-51(2,3)47-41-48(52(4,5)6)50(66-40-38-62-32-30-58-24-22-54-18-20-56-26-28-60-34-36-64-44-46-15-11-8-12-16-46)49(42-47)65-39-37-61-31-29-57-23-21-53-17-19-55-25-27-59-33-35-63-43-45-13-9-7-10-14-45/h7-16,41-42H,17-40,43-44H2,1-6H3. The number of rotatable bonds is 42. The van der Waals surface area contributed by atoms with Gasteiger partial charge in [-0.05, 0) is 33.6 Å². The van der Waals surface area contributed by atoms with Crippen molar-refractivity contribution in [2.75, 3.05) is 159 Å². The topological polar surface area (TPSA) is 129 Å². The Kier molecular flexibility index (Phi) is 31.8. The second-order valence-corrected chi connectivity index (χ2v) is 17.2. The van der Waals surface area contributed by atoms with Gasteiger partial charge in [-0.15, -0.1) is 0 Å². The average molecular weight is 931 g/mol. The maximum absolute atomic E-state index is 6.38. The first kappa shape index (κ1) is 57.1. The molecule has 0 atom stereocenters. The van der Waals surface area contributed by atoms with Crippen molar-refractivity contribution in [1.29, 1.82) is 0 Å². The molecule has 0 N–H and O–H groups in total. The van der Waals surface area contributed by atoms with Crippen molar-refractivity contribution < 1.29 is 66.3 Å². The highest BCUT2D eigenvalue weighted by Gasteiger charge is 2.27. The van der Waals surface area contributed by atoms with Gasteiger partial charge >= 0.3 is 0 Å². The van der Waals surface area contributed by atoms with E-state index in [2.05, 4.69) is 53.7 Å². The van der Waals surface area contributed by atoms with Gasteiger partial charge < -0.3 is 66.3 Å². The fourth-order valence-corrected chi connectivity index (χ4v) is 5.99. The molecular formula is C52H82O14. The van der Waals surface area contributed by atoms with Gasteiger partial charge in [-0.3, -0.25) is 0 Å². The van der Waals surface area contributed by atoms with E-state index in [1.807, 2.05) is 60.7 Å². The van der Waals surface area contributed by atoms with Crippen LogP contribution in [0.15, 0.2) is 72.8 Å². The molecule has 0 saturated heterocycles. The fourth-order valence-electron chi connectivity index (χ4n) is 5.99. The van der Waals surface area contributed by atoms with Gasteiger partial charge in [-0.25, -0.2) is 0 Å². The van der Waals surface area contributed by atoms with Crippen LogP contribution in [0.25, 0.3) is 0 Å². The minimum absolute atomic E-state index is 0.0775. The summed E-state index contributed by atoms with van der Waals surface area (Å²) in [7, 11) is 0. The van der Waals surface area contributed by atoms with E-state index in [0.717, 1.165) is 22.4 Å². The van der Waals surface area contributed by atoms with Gasteiger partial charge in [-0.2, -0.15) is 0 Å². The van der Waals surface area contributed by atoms with Crippen LogP contribution in [0, 0.1) is 0 Å². The van der Waals surface area contributed by atoms with Crippen molar-refractivity contribution in [3.05, 3.63) is 95.1 Å². The highest BCUT2D eigenvalue weighted by Crippen LogP contribution is 2.42. The largest absolute Gasteiger partial charge is 0.487 e. The van der Waals surface area contributed by atoms with Crippen molar-refractivity contribution in [2.24, 2.45) is 0 Å². The summed E-state index contributed by atoms with van der Waals surface area (Å²) < 4.78 is 80.3. The van der Waals surface area contributed by atoms with Crippen LogP contribution in [0.1, 0.15) is 63.8 Å². The van der Waals surface area contributed by atoms with Crippen molar-refractivity contribution in [3.8, 4) is 11.5 Å². The minimum atomic E-state index is -0.177. The van der Waals surface area contributed by atoms with Gasteiger partial charge in [0.05, 0.1) is 159 Å². The average Bonchev–Trinajstić information content (AvgIpc) is 3.30. The zero-order valence-corrected chi connectivity index (χ0v) is 41.0. The molecular weight excluding hydrogens is 849 g/mol. The molecule has 3 rings (SSSR count). The maximum Gasteiger partial charge on any atom is 0.165 e. The third kappa shape index (κ3) is 28.8. The Balaban J connectivity index is 1.16. The van der Waals surface area contributed by atoms with Crippen molar-refractivity contribution >= 4 is 0 Å². The lowest BCUT2D eigenvalue weighted by Crippen LogP contribution is -2.20. The molecule has 0 aliphatic carbocycles. The van der Waals surface area contributed by atoms with Crippen LogP contribution >= 0.6 is 0 Å². The van der Waals surface area contributed by atoms with Crippen molar-refractivity contribution in [2.45, 2.75) is 65.6 Å². The molecule has 0 bridgehead atoms. The maximum atomic E-state index is 6.38. The molecule has 0 spiro atoms. The lowest BCUT2D eigenvalue weighted by molar-refractivity contribution is -0.0189. The van der Waals surface area contributed by atoms with Gasteiger partial charge in [0.2, 0.25) is 0 Å². The SMILES string of the molecule is CC(C)(C)c1cc(OCCOCCOCCOCCOCCOCCOCc2ccccc2)c(OCCOCCOCCOCCOCCOCCOCc2ccccc2)c(C(C)(C)C)c1. The molecule has 0 amide bonds. The molecule has 66 heavy (non-hydrogen) atoms. The lowest BCUT2D eigenvalue weighted by Gasteiger charge is -2.29. The smallest absolute Gasteiger partial charge is 0.165 e. The summed E-state index contributed by atoms with van der Waals surface area (Å²) in [5.41, 5.74) is 4.31. The van der Waals surface area contributed by atoms with E-state index in [1.165, 1.54) is 5.56 Å². The first-order valence-electron chi connectivity index (χ1n) is 23.6. The summed E-state index contributed by atoms with van der Waals surface area (Å²) in [6.07, 6.45) is 0. The second-order valence-electron chi connectivity index (χ2n) is 17.2. The quantitative estimate of drug-likeness (QED) is 0.0516. The monoisotopic (exact) mass is 931 g/mol. The molecule has 0 saturated carbocycles. The number of ether oxygens (including phenoxy) is 14. The Morgan fingerprint density at radius 1 is 0.303 bits per heavy atom. The number of hydrogen-bond donors (Lipinski definition) is 0. The van der Waals surface area contributed by atoms with Crippen molar-refractivity contribution in [1.82, 2.24) is 0 Å². The zero-order chi connectivity index (χ0) is 47.2. The molecule has 0 aliphatic heterocycles. The summed E-state index contributed by atoms with van der Waals surface area (Å²) >= 11 is 0. The van der Waals surface area contributed by atoms with E-state index in [0.29, 0.717) is 178 Å². The molecule has 14 nitrogen and oxygen atoms in total. The lowest BCUT2D eigenvalue weighted by atomic mass is 9.80.